The average Bonchev–Trinajstić information content (AvgIpc) is 3.44. The topological polar surface area (TPSA) is 91.2 Å². The molecule has 0 saturated carbocycles. The molecule has 0 aliphatic rings. The molecule has 0 spiro atoms. The number of carbonyl (C=O) groups is 1. The Hall–Kier alpha value is -3.08. The molecule has 8 nitrogen and oxygen atoms in total. The standard InChI is InChI=1S/C22H20ClN5O3S2/c1-28-20(14-6-9-17(30-2)18(10-14)31-3)26-27-22(28)33-12-19(29)25-21-24-16(11-32-21)13-4-7-15(23)8-5-13/h4-11H,12H2,1-3H3,(H,24,25,29). The lowest BCUT2D eigenvalue weighted by Crippen LogP contribution is -2.14. The van der Waals surface area contributed by atoms with E-state index in [9.17, 15) is 4.79 Å². The second-order valence-electron chi connectivity index (χ2n) is 6.82. The van der Waals surface area contributed by atoms with Crippen LogP contribution in [0.4, 0.5) is 5.13 Å². The van der Waals surface area contributed by atoms with Crippen molar-refractivity contribution in [3.63, 3.8) is 0 Å². The molecule has 0 atom stereocenters. The van der Waals surface area contributed by atoms with E-state index in [2.05, 4.69) is 20.5 Å². The van der Waals surface area contributed by atoms with Crippen LogP contribution < -0.4 is 14.8 Å². The lowest BCUT2D eigenvalue weighted by Gasteiger charge is -2.09. The number of benzene rings is 2. The predicted octanol–water partition coefficient (Wildman–Crippen LogP) is 5.01. The number of nitrogens with zero attached hydrogens (tertiary/aromatic N) is 4. The van der Waals surface area contributed by atoms with Crippen LogP contribution in [0.3, 0.4) is 0 Å². The van der Waals surface area contributed by atoms with Crippen molar-refractivity contribution in [3.05, 3.63) is 52.9 Å². The van der Waals surface area contributed by atoms with Crippen LogP contribution in [0.2, 0.25) is 5.02 Å². The van der Waals surface area contributed by atoms with Crippen molar-refractivity contribution in [1.29, 1.82) is 0 Å². The first-order valence-corrected chi connectivity index (χ1v) is 12.0. The molecule has 0 radical (unpaired) electrons. The molecule has 0 aliphatic carbocycles. The van der Waals surface area contributed by atoms with Gasteiger partial charge in [-0.1, -0.05) is 35.5 Å². The minimum atomic E-state index is -0.173. The van der Waals surface area contributed by atoms with Crippen LogP contribution in [0.1, 0.15) is 0 Å². The number of amides is 1. The van der Waals surface area contributed by atoms with Crippen LogP contribution in [0.25, 0.3) is 22.6 Å². The summed E-state index contributed by atoms with van der Waals surface area (Å²) in [5, 5.41) is 15.0. The molecule has 33 heavy (non-hydrogen) atoms. The van der Waals surface area contributed by atoms with Crippen molar-refractivity contribution >= 4 is 45.7 Å². The summed E-state index contributed by atoms with van der Waals surface area (Å²) in [6.45, 7) is 0. The fraction of sp³-hybridized carbons (Fsp3) is 0.182. The van der Waals surface area contributed by atoms with Crippen LogP contribution in [-0.4, -0.2) is 45.6 Å². The number of halogens is 1. The summed E-state index contributed by atoms with van der Waals surface area (Å²) in [7, 11) is 5.02. The normalized spacial score (nSPS) is 10.8. The van der Waals surface area contributed by atoms with Crippen molar-refractivity contribution in [1.82, 2.24) is 19.7 Å². The molecule has 170 valence electrons. The van der Waals surface area contributed by atoms with Crippen LogP contribution in [-0.2, 0) is 11.8 Å². The Morgan fingerprint density at radius 3 is 2.55 bits per heavy atom. The number of aromatic nitrogens is 4. The summed E-state index contributed by atoms with van der Waals surface area (Å²) in [5.41, 5.74) is 2.55. The summed E-state index contributed by atoms with van der Waals surface area (Å²) in [4.78, 5) is 16.9. The summed E-state index contributed by atoms with van der Waals surface area (Å²) in [5.74, 6) is 1.90. The van der Waals surface area contributed by atoms with Gasteiger partial charge in [0.1, 0.15) is 0 Å². The van der Waals surface area contributed by atoms with Gasteiger partial charge in [-0.05, 0) is 30.3 Å². The van der Waals surface area contributed by atoms with E-state index in [4.69, 9.17) is 21.1 Å². The van der Waals surface area contributed by atoms with E-state index in [-0.39, 0.29) is 11.7 Å². The van der Waals surface area contributed by atoms with Crippen LogP contribution in [0.15, 0.2) is 53.0 Å². The monoisotopic (exact) mass is 501 g/mol. The van der Waals surface area contributed by atoms with Gasteiger partial charge in [0.2, 0.25) is 5.91 Å². The Labute approximate surface area is 203 Å². The number of ether oxygens (including phenoxy) is 2. The molecule has 11 heteroatoms. The van der Waals surface area contributed by atoms with Crippen molar-refractivity contribution in [2.45, 2.75) is 5.16 Å². The van der Waals surface area contributed by atoms with Gasteiger partial charge in [0.15, 0.2) is 27.6 Å². The Morgan fingerprint density at radius 1 is 1.09 bits per heavy atom. The molecular formula is C22H20ClN5O3S2. The molecular weight excluding hydrogens is 482 g/mol. The molecule has 0 unspecified atom stereocenters. The Balaban J connectivity index is 1.39. The SMILES string of the molecule is COc1ccc(-c2nnc(SCC(=O)Nc3nc(-c4ccc(Cl)cc4)cs3)n2C)cc1OC. The van der Waals surface area contributed by atoms with Crippen molar-refractivity contribution in [2.75, 3.05) is 25.3 Å². The third-order valence-corrected chi connectivity index (χ3v) is 6.73. The zero-order chi connectivity index (χ0) is 23.4. The molecule has 0 fully saturated rings. The number of rotatable bonds is 8. The minimum absolute atomic E-state index is 0.173. The van der Waals surface area contributed by atoms with Gasteiger partial charge in [0.05, 0.1) is 25.7 Å². The van der Waals surface area contributed by atoms with E-state index in [1.54, 1.807) is 14.2 Å². The molecule has 0 saturated heterocycles. The zero-order valence-corrected chi connectivity index (χ0v) is 20.4. The number of thioether (sulfide) groups is 1. The summed E-state index contributed by atoms with van der Waals surface area (Å²) < 4.78 is 12.5. The predicted molar refractivity (Wildman–Crippen MR) is 131 cm³/mol. The van der Waals surface area contributed by atoms with E-state index in [1.165, 1.54) is 23.1 Å². The van der Waals surface area contributed by atoms with Crippen molar-refractivity contribution in [3.8, 4) is 34.1 Å². The highest BCUT2D eigenvalue weighted by atomic mass is 35.5. The number of anilines is 1. The molecule has 2 heterocycles. The average molecular weight is 502 g/mol. The third kappa shape index (κ3) is 5.29. The lowest BCUT2D eigenvalue weighted by atomic mass is 10.2. The van der Waals surface area contributed by atoms with Crippen LogP contribution in [0.5, 0.6) is 11.5 Å². The van der Waals surface area contributed by atoms with E-state index in [0.29, 0.717) is 32.6 Å². The maximum absolute atomic E-state index is 12.4. The summed E-state index contributed by atoms with van der Waals surface area (Å²) >= 11 is 8.60. The van der Waals surface area contributed by atoms with Gasteiger partial charge >= 0.3 is 0 Å². The lowest BCUT2D eigenvalue weighted by molar-refractivity contribution is -0.113. The van der Waals surface area contributed by atoms with Crippen LogP contribution >= 0.6 is 34.7 Å². The number of hydrogen-bond acceptors (Lipinski definition) is 8. The number of methoxy groups -OCH3 is 2. The minimum Gasteiger partial charge on any atom is -0.493 e. The zero-order valence-electron chi connectivity index (χ0n) is 18.0. The van der Waals surface area contributed by atoms with E-state index < -0.39 is 0 Å². The first-order chi connectivity index (χ1) is 16.0. The van der Waals surface area contributed by atoms with Crippen LogP contribution in [0, 0.1) is 0 Å². The maximum atomic E-state index is 12.4. The Morgan fingerprint density at radius 2 is 1.82 bits per heavy atom. The van der Waals surface area contributed by atoms with E-state index in [1.807, 2.05) is 59.5 Å². The Kier molecular flexibility index (Phi) is 7.17. The van der Waals surface area contributed by atoms with Gasteiger partial charge < -0.3 is 19.4 Å². The number of nitrogens with one attached hydrogen (secondary N) is 1. The first kappa shape index (κ1) is 23.1. The van der Waals surface area contributed by atoms with E-state index >= 15 is 0 Å². The number of hydrogen-bond donors (Lipinski definition) is 1. The van der Waals surface area contributed by atoms with Gasteiger partial charge in [-0.25, -0.2) is 4.98 Å². The smallest absolute Gasteiger partial charge is 0.236 e. The highest BCUT2D eigenvalue weighted by Gasteiger charge is 2.16. The number of thiazole rings is 1. The summed E-state index contributed by atoms with van der Waals surface area (Å²) in [6.07, 6.45) is 0. The van der Waals surface area contributed by atoms with Gasteiger partial charge in [0.25, 0.3) is 0 Å². The molecule has 2 aromatic heterocycles. The maximum Gasteiger partial charge on any atom is 0.236 e. The van der Waals surface area contributed by atoms with Gasteiger partial charge in [-0.2, -0.15) is 0 Å². The highest BCUT2D eigenvalue weighted by Crippen LogP contribution is 2.32. The molecule has 1 amide bonds. The molecule has 0 aliphatic heterocycles. The largest absolute Gasteiger partial charge is 0.493 e. The molecule has 4 aromatic rings. The van der Waals surface area contributed by atoms with Crippen molar-refractivity contribution in [2.24, 2.45) is 7.05 Å². The number of carbonyl (C=O) groups excluding carboxylic acids is 1. The fourth-order valence-corrected chi connectivity index (χ4v) is 4.61. The molecule has 4 rings (SSSR count). The highest BCUT2D eigenvalue weighted by molar-refractivity contribution is 7.99. The van der Waals surface area contributed by atoms with E-state index in [0.717, 1.165) is 16.8 Å². The summed E-state index contributed by atoms with van der Waals surface area (Å²) in [6, 6.07) is 12.9. The Bertz CT molecular complexity index is 1270. The molecule has 0 bridgehead atoms. The van der Waals surface area contributed by atoms with Gasteiger partial charge in [-0.15, -0.1) is 21.5 Å². The fourth-order valence-electron chi connectivity index (χ4n) is 3.04. The first-order valence-electron chi connectivity index (χ1n) is 9.74. The third-order valence-electron chi connectivity index (χ3n) is 4.70. The van der Waals surface area contributed by atoms with Gasteiger partial charge in [0, 0.05) is 28.6 Å². The van der Waals surface area contributed by atoms with Gasteiger partial charge in [-0.3, -0.25) is 4.79 Å². The second kappa shape index (κ2) is 10.2. The van der Waals surface area contributed by atoms with Crippen molar-refractivity contribution < 1.29 is 14.3 Å². The molecule has 1 N–H and O–H groups in total. The molecule has 2 aromatic carbocycles. The second-order valence-corrected chi connectivity index (χ2v) is 9.05. The quantitative estimate of drug-likeness (QED) is 0.339.